The summed E-state index contributed by atoms with van der Waals surface area (Å²) in [5.74, 6) is 2.52. The third-order valence-corrected chi connectivity index (χ3v) is 5.49. The maximum atomic E-state index is 11.3. The molecule has 1 N–H and O–H groups in total. The minimum Gasteiger partial charge on any atom is -0.326 e. The molecule has 4 heteroatoms. The number of thioether (sulfide) groups is 2. The average Bonchev–Trinajstić information content (AvgIpc) is 2.83. The van der Waals surface area contributed by atoms with Crippen LogP contribution in [0.3, 0.4) is 0 Å². The summed E-state index contributed by atoms with van der Waals surface area (Å²) < 4.78 is 0.540. The summed E-state index contributed by atoms with van der Waals surface area (Å²) in [6.45, 7) is 1.86. The molecule has 0 bridgehead atoms. The van der Waals surface area contributed by atoms with E-state index in [0.717, 1.165) is 5.69 Å². The van der Waals surface area contributed by atoms with E-state index in [2.05, 4.69) is 17.4 Å². The smallest absolute Gasteiger partial charge is 0.224 e. The van der Waals surface area contributed by atoms with Gasteiger partial charge in [-0.3, -0.25) is 4.79 Å². The van der Waals surface area contributed by atoms with Crippen molar-refractivity contribution in [2.24, 2.45) is 0 Å². The Labute approximate surface area is 105 Å². The van der Waals surface area contributed by atoms with Gasteiger partial charge in [0.2, 0.25) is 5.91 Å². The van der Waals surface area contributed by atoms with Crippen LogP contribution in [0.15, 0.2) is 24.3 Å². The summed E-state index contributed by atoms with van der Waals surface area (Å²) in [4.78, 5) is 11.3. The second kappa shape index (κ2) is 5.64. The SMILES string of the molecule is CCC(=O)Nc1cccc(C2SCCS2)c1. The molecular formula is C12H15NOS2. The summed E-state index contributed by atoms with van der Waals surface area (Å²) in [6.07, 6.45) is 0.525. The molecule has 0 aliphatic carbocycles. The molecule has 0 unspecified atom stereocenters. The predicted molar refractivity (Wildman–Crippen MR) is 73.0 cm³/mol. The molecule has 1 aromatic rings. The number of carbonyl (C=O) groups is 1. The number of hydrogen-bond donors (Lipinski definition) is 1. The van der Waals surface area contributed by atoms with Gasteiger partial charge in [0.25, 0.3) is 0 Å². The first-order chi connectivity index (χ1) is 7.79. The van der Waals surface area contributed by atoms with E-state index in [9.17, 15) is 4.79 Å². The van der Waals surface area contributed by atoms with E-state index in [1.54, 1.807) is 0 Å². The van der Waals surface area contributed by atoms with Gasteiger partial charge in [-0.15, -0.1) is 23.5 Å². The van der Waals surface area contributed by atoms with Gasteiger partial charge in [0.1, 0.15) is 0 Å². The summed E-state index contributed by atoms with van der Waals surface area (Å²) >= 11 is 3.96. The first kappa shape index (κ1) is 11.9. The van der Waals surface area contributed by atoms with E-state index in [1.807, 2.05) is 42.6 Å². The number of rotatable bonds is 3. The molecule has 1 amide bonds. The van der Waals surface area contributed by atoms with Gasteiger partial charge in [0.05, 0.1) is 4.58 Å². The highest BCUT2D eigenvalue weighted by molar-refractivity contribution is 8.19. The van der Waals surface area contributed by atoms with Gasteiger partial charge in [-0.2, -0.15) is 0 Å². The lowest BCUT2D eigenvalue weighted by Gasteiger charge is -2.10. The molecule has 1 aliphatic rings. The molecule has 0 aromatic heterocycles. The zero-order chi connectivity index (χ0) is 11.4. The second-order valence-electron chi connectivity index (χ2n) is 3.60. The van der Waals surface area contributed by atoms with Crippen molar-refractivity contribution in [3.8, 4) is 0 Å². The Balaban J connectivity index is 2.09. The molecule has 2 nitrogen and oxygen atoms in total. The van der Waals surface area contributed by atoms with Crippen LogP contribution in [0.1, 0.15) is 23.5 Å². The highest BCUT2D eigenvalue weighted by Gasteiger charge is 2.18. The highest BCUT2D eigenvalue weighted by Crippen LogP contribution is 2.45. The molecule has 86 valence electrons. The van der Waals surface area contributed by atoms with Crippen molar-refractivity contribution in [2.45, 2.75) is 17.9 Å². The number of benzene rings is 1. The fraction of sp³-hybridized carbons (Fsp3) is 0.417. The highest BCUT2D eigenvalue weighted by atomic mass is 32.2. The van der Waals surface area contributed by atoms with Crippen LogP contribution < -0.4 is 5.32 Å². The molecule has 1 aliphatic heterocycles. The van der Waals surface area contributed by atoms with Gasteiger partial charge in [-0.1, -0.05) is 19.1 Å². The van der Waals surface area contributed by atoms with Crippen molar-refractivity contribution in [3.63, 3.8) is 0 Å². The fourth-order valence-corrected chi connectivity index (χ4v) is 4.40. The number of carbonyl (C=O) groups excluding carboxylic acids is 1. The Morgan fingerprint density at radius 1 is 1.44 bits per heavy atom. The van der Waals surface area contributed by atoms with Gasteiger partial charge < -0.3 is 5.32 Å². The van der Waals surface area contributed by atoms with Crippen molar-refractivity contribution in [1.29, 1.82) is 0 Å². The van der Waals surface area contributed by atoms with Crippen LogP contribution in [0.2, 0.25) is 0 Å². The van der Waals surface area contributed by atoms with Gasteiger partial charge in [-0.05, 0) is 17.7 Å². The lowest BCUT2D eigenvalue weighted by molar-refractivity contribution is -0.115. The van der Waals surface area contributed by atoms with Crippen LogP contribution in [-0.4, -0.2) is 17.4 Å². The van der Waals surface area contributed by atoms with Crippen molar-refractivity contribution in [1.82, 2.24) is 0 Å². The van der Waals surface area contributed by atoms with Crippen LogP contribution in [0, 0.1) is 0 Å². The summed E-state index contributed by atoms with van der Waals surface area (Å²) in [5.41, 5.74) is 2.22. The molecular weight excluding hydrogens is 238 g/mol. The van der Waals surface area contributed by atoms with Crippen molar-refractivity contribution in [3.05, 3.63) is 29.8 Å². The maximum Gasteiger partial charge on any atom is 0.224 e. The van der Waals surface area contributed by atoms with Gasteiger partial charge >= 0.3 is 0 Å². The van der Waals surface area contributed by atoms with E-state index >= 15 is 0 Å². The van der Waals surface area contributed by atoms with Gasteiger partial charge in [0, 0.05) is 23.6 Å². The number of anilines is 1. The molecule has 1 saturated heterocycles. The van der Waals surface area contributed by atoms with E-state index in [4.69, 9.17) is 0 Å². The van der Waals surface area contributed by atoms with Crippen LogP contribution in [-0.2, 0) is 4.79 Å². The third kappa shape index (κ3) is 2.95. The zero-order valence-corrected chi connectivity index (χ0v) is 10.9. The molecule has 2 rings (SSSR count). The van der Waals surface area contributed by atoms with Gasteiger partial charge in [-0.25, -0.2) is 0 Å². The minimum absolute atomic E-state index is 0.0730. The monoisotopic (exact) mass is 253 g/mol. The zero-order valence-electron chi connectivity index (χ0n) is 9.23. The Morgan fingerprint density at radius 3 is 2.88 bits per heavy atom. The van der Waals surface area contributed by atoms with E-state index in [-0.39, 0.29) is 5.91 Å². The Kier molecular flexibility index (Phi) is 4.18. The van der Waals surface area contributed by atoms with Crippen LogP contribution in [0.5, 0.6) is 0 Å². The van der Waals surface area contributed by atoms with E-state index in [1.165, 1.54) is 17.1 Å². The predicted octanol–water partition coefficient (Wildman–Crippen LogP) is 3.51. The second-order valence-corrected chi connectivity index (χ2v) is 6.33. The van der Waals surface area contributed by atoms with Crippen LogP contribution >= 0.6 is 23.5 Å². The Morgan fingerprint density at radius 2 is 2.19 bits per heavy atom. The first-order valence-corrected chi connectivity index (χ1v) is 7.52. The first-order valence-electron chi connectivity index (χ1n) is 5.42. The molecule has 0 radical (unpaired) electrons. The molecule has 1 heterocycles. The Bertz CT molecular complexity index is 375. The number of amides is 1. The van der Waals surface area contributed by atoms with Crippen LogP contribution in [0.4, 0.5) is 5.69 Å². The lowest BCUT2D eigenvalue weighted by atomic mass is 10.2. The molecule has 1 aromatic carbocycles. The average molecular weight is 253 g/mol. The minimum atomic E-state index is 0.0730. The summed E-state index contributed by atoms with van der Waals surface area (Å²) in [6, 6.07) is 8.18. The fourth-order valence-electron chi connectivity index (χ4n) is 1.56. The largest absolute Gasteiger partial charge is 0.326 e. The lowest BCUT2D eigenvalue weighted by Crippen LogP contribution is -2.09. The number of hydrogen-bond acceptors (Lipinski definition) is 3. The topological polar surface area (TPSA) is 29.1 Å². The summed E-state index contributed by atoms with van der Waals surface area (Å²) in [5, 5.41) is 2.90. The van der Waals surface area contributed by atoms with E-state index in [0.29, 0.717) is 11.0 Å². The standard InChI is InChI=1S/C12H15NOS2/c1-2-11(14)13-10-5-3-4-9(8-10)12-15-6-7-16-12/h3-5,8,12H,2,6-7H2,1H3,(H,13,14). The van der Waals surface area contributed by atoms with Crippen molar-refractivity contribution >= 4 is 35.1 Å². The quantitative estimate of drug-likeness (QED) is 0.893. The van der Waals surface area contributed by atoms with E-state index < -0.39 is 0 Å². The van der Waals surface area contributed by atoms with Crippen LogP contribution in [0.25, 0.3) is 0 Å². The summed E-state index contributed by atoms with van der Waals surface area (Å²) in [7, 11) is 0. The van der Waals surface area contributed by atoms with Crippen molar-refractivity contribution in [2.75, 3.05) is 16.8 Å². The normalized spacial score (nSPS) is 16.3. The molecule has 0 saturated carbocycles. The molecule has 1 fully saturated rings. The van der Waals surface area contributed by atoms with Crippen molar-refractivity contribution < 1.29 is 4.79 Å². The molecule has 16 heavy (non-hydrogen) atoms. The molecule has 0 atom stereocenters. The third-order valence-electron chi connectivity index (χ3n) is 2.39. The number of nitrogens with one attached hydrogen (secondary N) is 1. The Hall–Kier alpha value is -0.610. The molecule has 0 spiro atoms. The van der Waals surface area contributed by atoms with Gasteiger partial charge in [0.15, 0.2) is 0 Å². The maximum absolute atomic E-state index is 11.3.